The summed E-state index contributed by atoms with van der Waals surface area (Å²) in [7, 11) is 0. The number of nitrogens with one attached hydrogen (secondary N) is 1. The Morgan fingerprint density at radius 1 is 1.31 bits per heavy atom. The Kier molecular flexibility index (Phi) is 6.75. The third-order valence-electron chi connectivity index (χ3n) is 5.62. The van der Waals surface area contributed by atoms with E-state index in [2.05, 4.69) is 15.3 Å². The Hall–Kier alpha value is -2.14. The predicted octanol–water partition coefficient (Wildman–Crippen LogP) is 4.10. The minimum Gasteiger partial charge on any atom is -0.472 e. The highest BCUT2D eigenvalue weighted by molar-refractivity contribution is 7.20. The van der Waals surface area contributed by atoms with E-state index in [9.17, 15) is 18.0 Å². The Bertz CT molecular complexity index is 965. The molecule has 11 heteroatoms. The van der Waals surface area contributed by atoms with E-state index >= 15 is 0 Å². The highest BCUT2D eigenvalue weighted by Gasteiger charge is 2.57. The lowest BCUT2D eigenvalue weighted by Gasteiger charge is -2.29. The fourth-order valence-corrected chi connectivity index (χ4v) is 4.57. The third kappa shape index (κ3) is 5.61. The molecular formula is C21H26F3N3O4S. The van der Waals surface area contributed by atoms with Gasteiger partial charge >= 0.3 is 0 Å². The van der Waals surface area contributed by atoms with Crippen LogP contribution in [0.4, 0.5) is 13.2 Å². The van der Waals surface area contributed by atoms with E-state index in [1.807, 2.05) is 6.92 Å². The molecule has 2 saturated carbocycles. The number of carbonyl (C=O) groups excluding carboxylic acids is 1. The number of alkyl halides is 2. The fourth-order valence-electron chi connectivity index (χ4n) is 3.74. The van der Waals surface area contributed by atoms with Gasteiger partial charge in [0.05, 0.1) is 31.4 Å². The summed E-state index contributed by atoms with van der Waals surface area (Å²) in [5.74, 6) is -4.27. The van der Waals surface area contributed by atoms with Crippen molar-refractivity contribution in [1.82, 2.24) is 15.3 Å². The molecule has 7 nitrogen and oxygen atoms in total. The second kappa shape index (κ2) is 9.38. The maximum absolute atomic E-state index is 14.9. The molecule has 2 aromatic rings. The molecule has 4 rings (SSSR count). The van der Waals surface area contributed by atoms with Crippen molar-refractivity contribution in [2.24, 2.45) is 5.92 Å². The zero-order valence-corrected chi connectivity index (χ0v) is 18.7. The lowest BCUT2D eigenvalue weighted by atomic mass is 9.95. The van der Waals surface area contributed by atoms with Gasteiger partial charge in [-0.3, -0.25) is 4.79 Å². The number of hydrogen-bond donors (Lipinski definition) is 1. The van der Waals surface area contributed by atoms with E-state index in [4.69, 9.17) is 14.2 Å². The van der Waals surface area contributed by atoms with Gasteiger partial charge in [-0.1, -0.05) is 11.3 Å². The first-order valence-corrected chi connectivity index (χ1v) is 11.5. The average molecular weight is 474 g/mol. The first kappa shape index (κ1) is 23.0. The van der Waals surface area contributed by atoms with Crippen molar-refractivity contribution in [1.29, 1.82) is 0 Å². The summed E-state index contributed by atoms with van der Waals surface area (Å²) in [6, 6.07) is -0.0551. The molecule has 1 N–H and O–H groups in total. The van der Waals surface area contributed by atoms with Crippen LogP contribution in [0.2, 0.25) is 0 Å². The summed E-state index contributed by atoms with van der Waals surface area (Å²) < 4.78 is 58.1. The van der Waals surface area contributed by atoms with E-state index in [1.54, 1.807) is 0 Å². The minimum atomic E-state index is -2.67. The van der Waals surface area contributed by atoms with E-state index in [1.165, 1.54) is 13.1 Å². The number of carbonyl (C=O) groups is 1. The summed E-state index contributed by atoms with van der Waals surface area (Å²) in [6.07, 6.45) is 4.05. The molecule has 2 atom stereocenters. The molecule has 1 unspecified atom stereocenters. The molecule has 2 heterocycles. The summed E-state index contributed by atoms with van der Waals surface area (Å²) in [4.78, 5) is 19.2. The predicted molar refractivity (Wildman–Crippen MR) is 112 cm³/mol. The number of ether oxygens (including phenoxy) is 3. The molecule has 32 heavy (non-hydrogen) atoms. The minimum absolute atomic E-state index is 0.0551. The second-order valence-electron chi connectivity index (χ2n) is 8.50. The summed E-state index contributed by atoms with van der Waals surface area (Å²) in [5, 5.41) is 2.93. The molecule has 2 aliphatic carbocycles. The number of aromatic nitrogens is 2. The first-order chi connectivity index (χ1) is 15.2. The van der Waals surface area contributed by atoms with Crippen LogP contribution in [0.15, 0.2) is 6.20 Å². The lowest BCUT2D eigenvalue weighted by Crippen LogP contribution is -2.37. The largest absolute Gasteiger partial charge is 0.472 e. The van der Waals surface area contributed by atoms with Crippen LogP contribution in [0.1, 0.15) is 46.0 Å². The van der Waals surface area contributed by atoms with E-state index in [-0.39, 0.29) is 53.0 Å². The number of fused-ring (bicyclic) bond motifs is 1. The number of hydrogen-bond acceptors (Lipinski definition) is 7. The van der Waals surface area contributed by atoms with Gasteiger partial charge in [0.1, 0.15) is 16.3 Å². The van der Waals surface area contributed by atoms with Gasteiger partial charge in [-0.15, -0.1) is 0 Å². The molecule has 0 aliphatic heterocycles. The van der Waals surface area contributed by atoms with E-state index in [0.29, 0.717) is 25.0 Å². The van der Waals surface area contributed by atoms with Crippen LogP contribution < -0.4 is 14.8 Å². The van der Waals surface area contributed by atoms with Crippen molar-refractivity contribution >= 4 is 27.5 Å². The zero-order valence-electron chi connectivity index (χ0n) is 17.9. The average Bonchev–Trinajstić information content (AvgIpc) is 3.15. The normalized spacial score (nSPS) is 25.3. The van der Waals surface area contributed by atoms with Crippen molar-refractivity contribution in [3.8, 4) is 11.1 Å². The molecule has 2 aromatic heterocycles. The molecule has 2 aliphatic rings. The van der Waals surface area contributed by atoms with Gasteiger partial charge in [0, 0.05) is 19.4 Å². The summed E-state index contributed by atoms with van der Waals surface area (Å²) >= 11 is 0.961. The van der Waals surface area contributed by atoms with Gasteiger partial charge in [-0.2, -0.15) is 4.39 Å². The number of thiazole rings is 1. The van der Waals surface area contributed by atoms with Gasteiger partial charge in [0.25, 0.3) is 17.0 Å². The highest BCUT2D eigenvalue weighted by atomic mass is 32.1. The number of nitrogens with zero attached hydrogens (tertiary/aromatic N) is 2. The van der Waals surface area contributed by atoms with Crippen LogP contribution >= 0.6 is 11.3 Å². The SMILES string of the molecule is CC(=O)N[C@@H](C)COC1CCC(Oc2ncc3nc(OCC4CC4(F)F)sc3c2F)CC1. The number of pyridine rings is 1. The molecule has 1 amide bonds. The highest BCUT2D eigenvalue weighted by Crippen LogP contribution is 2.48. The summed E-state index contributed by atoms with van der Waals surface area (Å²) in [5.41, 5.74) is 0.308. The van der Waals surface area contributed by atoms with Crippen LogP contribution in [0.25, 0.3) is 10.2 Å². The number of rotatable bonds is 9. The van der Waals surface area contributed by atoms with E-state index < -0.39 is 17.7 Å². The molecule has 2 fully saturated rings. The summed E-state index contributed by atoms with van der Waals surface area (Å²) in [6.45, 7) is 3.66. The zero-order chi connectivity index (χ0) is 22.9. The van der Waals surface area contributed by atoms with Gasteiger partial charge in [0.15, 0.2) is 0 Å². The maximum atomic E-state index is 14.9. The first-order valence-electron chi connectivity index (χ1n) is 10.7. The molecule has 0 saturated heterocycles. The van der Waals surface area contributed by atoms with Gasteiger partial charge in [0.2, 0.25) is 11.7 Å². The van der Waals surface area contributed by atoms with Crippen LogP contribution in [-0.2, 0) is 9.53 Å². The third-order valence-corrected chi connectivity index (χ3v) is 6.60. The maximum Gasteiger partial charge on any atom is 0.274 e. The molecule has 0 aromatic carbocycles. The van der Waals surface area contributed by atoms with Gasteiger partial charge < -0.3 is 19.5 Å². The van der Waals surface area contributed by atoms with Gasteiger partial charge in [-0.05, 0) is 32.6 Å². The fraction of sp³-hybridized carbons (Fsp3) is 0.667. The molecule has 176 valence electrons. The molecule has 0 radical (unpaired) electrons. The van der Waals surface area contributed by atoms with Crippen molar-refractivity contribution < 1.29 is 32.2 Å². The monoisotopic (exact) mass is 473 g/mol. The Balaban J connectivity index is 1.28. The van der Waals surface area contributed by atoms with Crippen molar-refractivity contribution in [2.75, 3.05) is 13.2 Å². The number of amides is 1. The molecular weight excluding hydrogens is 447 g/mol. The Morgan fingerprint density at radius 3 is 2.66 bits per heavy atom. The standard InChI is InChI=1S/C21H26F3N3O4S/c1-11(26-12(2)28)9-29-14-3-5-15(6-4-14)31-19-17(22)18-16(8-25-19)27-20(32-18)30-10-13-7-21(13,23)24/h8,11,13-15H,3-7,9-10H2,1-2H3,(H,26,28)/t11-,13?,14?,15?/m0/s1. The van der Waals surface area contributed by atoms with Crippen molar-refractivity contribution in [2.45, 2.75) is 70.1 Å². The van der Waals surface area contributed by atoms with Crippen LogP contribution in [0.5, 0.6) is 11.1 Å². The van der Waals surface area contributed by atoms with Crippen LogP contribution in [0, 0.1) is 11.7 Å². The topological polar surface area (TPSA) is 82.6 Å². The number of halogens is 3. The second-order valence-corrected chi connectivity index (χ2v) is 9.46. The van der Waals surface area contributed by atoms with Crippen LogP contribution in [0.3, 0.4) is 0 Å². The Morgan fingerprint density at radius 2 is 2.00 bits per heavy atom. The quantitative estimate of drug-likeness (QED) is 0.591. The Labute approximate surface area is 187 Å². The van der Waals surface area contributed by atoms with Gasteiger partial charge in [-0.25, -0.2) is 18.7 Å². The van der Waals surface area contributed by atoms with Crippen molar-refractivity contribution in [3.63, 3.8) is 0 Å². The molecule has 0 bridgehead atoms. The van der Waals surface area contributed by atoms with E-state index in [0.717, 1.165) is 24.2 Å². The molecule has 0 spiro atoms. The lowest BCUT2D eigenvalue weighted by molar-refractivity contribution is -0.120. The smallest absolute Gasteiger partial charge is 0.274 e. The van der Waals surface area contributed by atoms with Crippen molar-refractivity contribution in [3.05, 3.63) is 12.0 Å². The van der Waals surface area contributed by atoms with Crippen LogP contribution in [-0.4, -0.2) is 53.3 Å².